The van der Waals surface area contributed by atoms with E-state index in [1.165, 1.54) is 12.1 Å². The number of thioether (sulfide) groups is 1. The van der Waals surface area contributed by atoms with Crippen LogP contribution in [0.25, 0.3) is 0 Å². The molecule has 1 aliphatic rings. The summed E-state index contributed by atoms with van der Waals surface area (Å²) < 4.78 is 41.1. The lowest BCUT2D eigenvalue weighted by atomic mass is 10.0. The van der Waals surface area contributed by atoms with Crippen molar-refractivity contribution in [2.75, 3.05) is 6.61 Å². The first-order valence-electron chi connectivity index (χ1n) is 5.23. The fourth-order valence-electron chi connectivity index (χ4n) is 1.68. The molecule has 0 saturated carbocycles. The maximum atomic E-state index is 12.1. The standard InChI is InChI=1S/C11H10F3NO2S.ClH/c12-11(13,14)18-8-3-1-7(2-4-8)9-5-6-17-10(16)15-9;/h1-4,9H,5-6H2,(H,15,16);1H/t9-;/m1./s1. The van der Waals surface area contributed by atoms with E-state index in [2.05, 4.69) is 5.32 Å². The largest absolute Gasteiger partial charge is 0.449 e. The Morgan fingerprint density at radius 2 is 1.89 bits per heavy atom. The van der Waals surface area contributed by atoms with Crippen LogP contribution >= 0.6 is 24.2 Å². The Balaban J connectivity index is 0.00000180. The van der Waals surface area contributed by atoms with Crippen LogP contribution in [0, 0.1) is 0 Å². The normalized spacial score (nSPS) is 19.1. The van der Waals surface area contributed by atoms with E-state index < -0.39 is 11.6 Å². The molecule has 8 heteroatoms. The average Bonchev–Trinajstić information content (AvgIpc) is 2.28. The summed E-state index contributed by atoms with van der Waals surface area (Å²) >= 11 is -0.155. The van der Waals surface area contributed by atoms with Crippen LogP contribution in [-0.4, -0.2) is 18.2 Å². The van der Waals surface area contributed by atoms with Gasteiger partial charge in [0.15, 0.2) is 0 Å². The predicted molar refractivity (Wildman–Crippen MR) is 67.4 cm³/mol. The van der Waals surface area contributed by atoms with Gasteiger partial charge in [0.05, 0.1) is 12.6 Å². The molecule has 1 aromatic carbocycles. The summed E-state index contributed by atoms with van der Waals surface area (Å²) in [4.78, 5) is 11.1. The Hall–Kier alpha value is -1.08. The molecule has 0 unspecified atom stereocenters. The number of hydrogen-bond acceptors (Lipinski definition) is 3. The van der Waals surface area contributed by atoms with Crippen molar-refractivity contribution in [1.82, 2.24) is 5.32 Å². The zero-order valence-electron chi connectivity index (χ0n) is 9.57. The summed E-state index contributed by atoms with van der Waals surface area (Å²) in [6, 6.07) is 5.77. The summed E-state index contributed by atoms with van der Waals surface area (Å²) in [7, 11) is 0. The van der Waals surface area contributed by atoms with Gasteiger partial charge in [-0.3, -0.25) is 0 Å². The third kappa shape index (κ3) is 4.83. The molecule has 19 heavy (non-hydrogen) atoms. The lowest BCUT2D eigenvalue weighted by Gasteiger charge is -2.23. The Morgan fingerprint density at radius 1 is 1.26 bits per heavy atom. The minimum Gasteiger partial charge on any atom is -0.449 e. The average molecular weight is 314 g/mol. The van der Waals surface area contributed by atoms with Crippen LogP contribution in [-0.2, 0) is 4.74 Å². The highest BCUT2D eigenvalue weighted by atomic mass is 35.5. The highest BCUT2D eigenvalue weighted by Crippen LogP contribution is 2.37. The maximum absolute atomic E-state index is 12.1. The molecule has 1 amide bonds. The Labute approximate surface area is 118 Å². The first-order valence-corrected chi connectivity index (χ1v) is 6.05. The molecule has 106 valence electrons. The smallest absolute Gasteiger partial charge is 0.446 e. The molecule has 3 nitrogen and oxygen atoms in total. The molecule has 1 aromatic rings. The molecule has 0 aliphatic carbocycles. The van der Waals surface area contributed by atoms with Crippen molar-refractivity contribution < 1.29 is 22.7 Å². The second-order valence-corrected chi connectivity index (χ2v) is 4.88. The molecule has 1 saturated heterocycles. The number of halogens is 4. The van der Waals surface area contributed by atoms with Crippen molar-refractivity contribution in [3.63, 3.8) is 0 Å². The molecule has 1 atom stereocenters. The van der Waals surface area contributed by atoms with Crippen molar-refractivity contribution in [3.8, 4) is 0 Å². The number of nitrogens with one attached hydrogen (secondary N) is 1. The van der Waals surface area contributed by atoms with Gasteiger partial charge >= 0.3 is 11.6 Å². The van der Waals surface area contributed by atoms with E-state index in [-0.39, 0.29) is 35.1 Å². The van der Waals surface area contributed by atoms with Gasteiger partial charge in [-0.15, -0.1) is 12.4 Å². The highest BCUT2D eigenvalue weighted by Gasteiger charge is 2.29. The van der Waals surface area contributed by atoms with Crippen molar-refractivity contribution >= 4 is 30.3 Å². The minimum absolute atomic E-state index is 0. The second-order valence-electron chi connectivity index (χ2n) is 3.74. The summed E-state index contributed by atoms with van der Waals surface area (Å²) in [6.07, 6.45) is 0.109. The number of hydrogen-bond donors (Lipinski definition) is 1. The molecule has 1 aliphatic heterocycles. The molecule has 0 radical (unpaired) electrons. The number of benzene rings is 1. The van der Waals surface area contributed by atoms with Crippen molar-refractivity contribution in [2.24, 2.45) is 0 Å². The Morgan fingerprint density at radius 3 is 2.42 bits per heavy atom. The van der Waals surface area contributed by atoms with Crippen molar-refractivity contribution in [1.29, 1.82) is 0 Å². The SMILES string of the molecule is Cl.O=C1N[C@@H](c2ccc(SC(F)(F)F)cc2)CCO1. The molecule has 2 rings (SSSR count). The van der Waals surface area contributed by atoms with Crippen LogP contribution in [0.15, 0.2) is 29.2 Å². The topological polar surface area (TPSA) is 38.3 Å². The van der Waals surface area contributed by atoms with E-state index in [1.54, 1.807) is 12.1 Å². The van der Waals surface area contributed by atoms with Gasteiger partial charge in [-0.1, -0.05) is 12.1 Å². The third-order valence-electron chi connectivity index (χ3n) is 2.45. The minimum atomic E-state index is -4.28. The van der Waals surface area contributed by atoms with Gasteiger partial charge in [0, 0.05) is 11.3 Å². The summed E-state index contributed by atoms with van der Waals surface area (Å²) in [5.41, 5.74) is -3.51. The number of amides is 1. The summed E-state index contributed by atoms with van der Waals surface area (Å²) in [6.45, 7) is 0.315. The first kappa shape index (κ1) is 16.0. The zero-order valence-corrected chi connectivity index (χ0v) is 11.2. The van der Waals surface area contributed by atoms with Crippen LogP contribution in [0.1, 0.15) is 18.0 Å². The quantitative estimate of drug-likeness (QED) is 0.842. The number of carbonyl (C=O) groups excluding carboxylic acids is 1. The second kappa shape index (κ2) is 6.38. The number of alkyl halides is 3. The van der Waals surface area contributed by atoms with E-state index in [4.69, 9.17) is 4.74 Å². The lowest BCUT2D eigenvalue weighted by Crippen LogP contribution is -2.35. The van der Waals surface area contributed by atoms with Gasteiger partial charge in [0.1, 0.15) is 0 Å². The van der Waals surface area contributed by atoms with E-state index >= 15 is 0 Å². The van der Waals surface area contributed by atoms with Crippen LogP contribution in [0.3, 0.4) is 0 Å². The molecule has 1 heterocycles. The van der Waals surface area contributed by atoms with Crippen molar-refractivity contribution in [2.45, 2.75) is 22.9 Å². The fourth-order valence-corrected chi connectivity index (χ4v) is 2.22. The van der Waals surface area contributed by atoms with E-state index in [0.717, 1.165) is 5.56 Å². The Kier molecular flexibility index (Phi) is 5.37. The van der Waals surface area contributed by atoms with E-state index in [0.29, 0.717) is 13.0 Å². The van der Waals surface area contributed by atoms with Gasteiger partial charge in [-0.25, -0.2) is 4.79 Å². The number of carbonyl (C=O) groups is 1. The number of rotatable bonds is 2. The summed E-state index contributed by atoms with van der Waals surface area (Å²) in [5.74, 6) is 0. The molecule has 0 spiro atoms. The maximum Gasteiger partial charge on any atom is 0.446 e. The van der Waals surface area contributed by atoms with E-state index in [9.17, 15) is 18.0 Å². The predicted octanol–water partition coefficient (Wildman–Crippen LogP) is 3.89. The number of ether oxygens (including phenoxy) is 1. The number of cyclic esters (lactones) is 1. The fraction of sp³-hybridized carbons (Fsp3) is 0.364. The van der Waals surface area contributed by atoms with Gasteiger partial charge < -0.3 is 10.1 Å². The van der Waals surface area contributed by atoms with Crippen molar-refractivity contribution in [3.05, 3.63) is 29.8 Å². The van der Waals surface area contributed by atoms with Gasteiger partial charge in [0.25, 0.3) is 0 Å². The molecule has 0 aromatic heterocycles. The van der Waals surface area contributed by atoms with Gasteiger partial charge in [0.2, 0.25) is 0 Å². The lowest BCUT2D eigenvalue weighted by molar-refractivity contribution is -0.0328. The van der Waals surface area contributed by atoms with Crippen LogP contribution < -0.4 is 5.32 Å². The number of alkyl carbamates (subject to hydrolysis) is 1. The first-order chi connectivity index (χ1) is 8.44. The zero-order chi connectivity index (χ0) is 13.2. The monoisotopic (exact) mass is 313 g/mol. The van der Waals surface area contributed by atoms with E-state index in [1.807, 2.05) is 0 Å². The molecular formula is C11H11ClF3NO2S. The molecule has 0 bridgehead atoms. The molecular weight excluding hydrogens is 303 g/mol. The van der Waals surface area contributed by atoms with Crippen LogP contribution in [0.5, 0.6) is 0 Å². The highest BCUT2D eigenvalue weighted by molar-refractivity contribution is 8.00. The molecule has 1 fully saturated rings. The summed E-state index contributed by atoms with van der Waals surface area (Å²) in [5, 5.41) is 2.61. The van der Waals surface area contributed by atoms with Crippen LogP contribution in [0.4, 0.5) is 18.0 Å². The molecule has 1 N–H and O–H groups in total. The Bertz CT molecular complexity index is 439. The van der Waals surface area contributed by atoms with Crippen LogP contribution in [0.2, 0.25) is 0 Å². The van der Waals surface area contributed by atoms with Gasteiger partial charge in [-0.2, -0.15) is 13.2 Å². The van der Waals surface area contributed by atoms with Gasteiger partial charge in [-0.05, 0) is 29.5 Å². The third-order valence-corrected chi connectivity index (χ3v) is 3.19.